The van der Waals surface area contributed by atoms with Crippen LogP contribution in [0.1, 0.15) is 23.1 Å². The maximum atomic E-state index is 14.2. The first-order valence-electron chi connectivity index (χ1n) is 10.6. The SMILES string of the molecule is O=C(CSc1ccc(C2=NOC(c3cc(Cl)cc(Cl)c3)(C(F)(F)F)C2)cc1Br)NCc1ccccc1. The van der Waals surface area contributed by atoms with Crippen molar-refractivity contribution in [1.82, 2.24) is 5.32 Å². The van der Waals surface area contributed by atoms with Crippen LogP contribution in [0.5, 0.6) is 0 Å². The van der Waals surface area contributed by atoms with Crippen molar-refractivity contribution < 1.29 is 22.8 Å². The van der Waals surface area contributed by atoms with Gasteiger partial charge in [0.25, 0.3) is 5.60 Å². The summed E-state index contributed by atoms with van der Waals surface area (Å²) in [6, 6.07) is 18.3. The van der Waals surface area contributed by atoms with E-state index >= 15 is 0 Å². The zero-order valence-corrected chi connectivity index (χ0v) is 22.3. The van der Waals surface area contributed by atoms with E-state index in [-0.39, 0.29) is 33.0 Å². The standard InChI is InChI=1S/C25H18BrCl2F3N2O2S/c26-20-8-16(6-7-22(20)36-14-23(34)32-13-15-4-2-1-3-5-15)21-12-24(35-33-21,25(29,30)31)17-9-18(27)11-19(28)10-17/h1-11H,12-14H2,(H,32,34). The molecule has 0 saturated carbocycles. The first-order chi connectivity index (χ1) is 17.1. The number of carbonyl (C=O) groups is 1. The fourth-order valence-electron chi connectivity index (χ4n) is 3.63. The Morgan fingerprint density at radius 1 is 1.08 bits per heavy atom. The van der Waals surface area contributed by atoms with Crippen molar-refractivity contribution >= 4 is 62.5 Å². The van der Waals surface area contributed by atoms with Gasteiger partial charge in [0.05, 0.1) is 11.5 Å². The summed E-state index contributed by atoms with van der Waals surface area (Å²) in [5.41, 5.74) is -1.34. The number of alkyl halides is 3. The third-order valence-corrected chi connectivity index (χ3v) is 7.90. The fourth-order valence-corrected chi connectivity index (χ4v) is 5.63. The first kappa shape index (κ1) is 26.9. The number of thioether (sulfide) groups is 1. The van der Waals surface area contributed by atoms with E-state index in [1.54, 1.807) is 18.2 Å². The number of hydrogen-bond donors (Lipinski definition) is 1. The molecule has 1 aliphatic heterocycles. The number of benzene rings is 3. The minimum Gasteiger partial charge on any atom is -0.374 e. The molecule has 0 aromatic heterocycles. The molecule has 0 fully saturated rings. The van der Waals surface area contributed by atoms with Crippen LogP contribution in [0.4, 0.5) is 13.2 Å². The molecule has 36 heavy (non-hydrogen) atoms. The molecule has 3 aromatic rings. The van der Waals surface area contributed by atoms with Crippen LogP contribution in [0.25, 0.3) is 0 Å². The zero-order valence-electron chi connectivity index (χ0n) is 18.4. The van der Waals surface area contributed by atoms with Crippen molar-refractivity contribution in [3.05, 3.63) is 97.9 Å². The summed E-state index contributed by atoms with van der Waals surface area (Å²) in [5, 5.41) is 6.76. The molecular weight excluding hydrogens is 600 g/mol. The van der Waals surface area contributed by atoms with Gasteiger partial charge in [0.15, 0.2) is 0 Å². The van der Waals surface area contributed by atoms with Gasteiger partial charge in [-0.3, -0.25) is 4.79 Å². The highest BCUT2D eigenvalue weighted by Crippen LogP contribution is 2.50. The van der Waals surface area contributed by atoms with E-state index in [4.69, 9.17) is 28.0 Å². The monoisotopic (exact) mass is 616 g/mol. The molecule has 0 spiro atoms. The van der Waals surface area contributed by atoms with Gasteiger partial charge in [0.2, 0.25) is 5.91 Å². The number of nitrogens with one attached hydrogen (secondary N) is 1. The van der Waals surface area contributed by atoms with Gasteiger partial charge in [-0.2, -0.15) is 13.2 Å². The van der Waals surface area contributed by atoms with Crippen LogP contribution in [-0.2, 0) is 21.8 Å². The van der Waals surface area contributed by atoms with E-state index < -0.39 is 18.2 Å². The van der Waals surface area contributed by atoms with Crippen LogP contribution < -0.4 is 5.32 Å². The lowest BCUT2D eigenvalue weighted by atomic mass is 9.86. The molecule has 188 valence electrons. The highest BCUT2D eigenvalue weighted by Gasteiger charge is 2.62. The van der Waals surface area contributed by atoms with Crippen molar-refractivity contribution in [3.63, 3.8) is 0 Å². The van der Waals surface area contributed by atoms with Crippen molar-refractivity contribution in [2.75, 3.05) is 5.75 Å². The van der Waals surface area contributed by atoms with Gasteiger partial charge in [0.1, 0.15) is 0 Å². The molecule has 0 aliphatic carbocycles. The molecule has 1 aliphatic rings. The number of oxime groups is 1. The Hall–Kier alpha value is -2.20. The Kier molecular flexibility index (Phi) is 8.24. The van der Waals surface area contributed by atoms with Crippen molar-refractivity contribution in [2.45, 2.75) is 29.6 Å². The summed E-state index contributed by atoms with van der Waals surface area (Å²) in [6.45, 7) is 0.430. The van der Waals surface area contributed by atoms with E-state index in [1.807, 2.05) is 30.3 Å². The van der Waals surface area contributed by atoms with Gasteiger partial charge in [-0.15, -0.1) is 11.8 Å². The second-order valence-electron chi connectivity index (χ2n) is 7.99. The summed E-state index contributed by atoms with van der Waals surface area (Å²) >= 11 is 16.7. The average molecular weight is 618 g/mol. The van der Waals surface area contributed by atoms with Crippen LogP contribution in [0.3, 0.4) is 0 Å². The average Bonchev–Trinajstić information content (AvgIpc) is 3.29. The number of carbonyl (C=O) groups excluding carboxylic acids is 1. The molecular formula is C25H18BrCl2F3N2O2S. The predicted octanol–water partition coefficient (Wildman–Crippen LogP) is 7.75. The Morgan fingerprint density at radius 2 is 1.78 bits per heavy atom. The van der Waals surface area contributed by atoms with Gasteiger partial charge < -0.3 is 10.2 Å². The number of rotatable bonds is 7. The smallest absolute Gasteiger partial charge is 0.374 e. The molecule has 3 aromatic carbocycles. The summed E-state index contributed by atoms with van der Waals surface area (Å²) in [5.74, 6) is 0.0465. The second kappa shape index (κ2) is 11.0. The molecule has 4 nitrogen and oxygen atoms in total. The van der Waals surface area contributed by atoms with E-state index in [0.29, 0.717) is 16.6 Å². The van der Waals surface area contributed by atoms with E-state index in [1.165, 1.54) is 30.0 Å². The molecule has 1 N–H and O–H groups in total. The van der Waals surface area contributed by atoms with Crippen molar-refractivity contribution in [3.8, 4) is 0 Å². The third kappa shape index (κ3) is 6.02. The normalized spacial score (nSPS) is 17.4. The molecule has 0 radical (unpaired) electrons. The highest BCUT2D eigenvalue weighted by atomic mass is 79.9. The van der Waals surface area contributed by atoms with Gasteiger partial charge in [0, 0.05) is 43.5 Å². The maximum absolute atomic E-state index is 14.2. The van der Waals surface area contributed by atoms with E-state index in [2.05, 4.69) is 26.4 Å². The summed E-state index contributed by atoms with van der Waals surface area (Å²) in [4.78, 5) is 18.0. The molecule has 0 bridgehead atoms. The van der Waals surface area contributed by atoms with Crippen LogP contribution in [0.2, 0.25) is 10.0 Å². The Balaban J connectivity index is 1.44. The fraction of sp³-hybridized carbons (Fsp3) is 0.200. The molecule has 1 heterocycles. The second-order valence-corrected chi connectivity index (χ2v) is 10.7. The third-order valence-electron chi connectivity index (χ3n) is 5.47. The molecule has 1 amide bonds. The molecule has 0 saturated heterocycles. The van der Waals surface area contributed by atoms with Gasteiger partial charge in [-0.1, -0.05) is 64.8 Å². The van der Waals surface area contributed by atoms with E-state index in [9.17, 15) is 18.0 Å². The van der Waals surface area contributed by atoms with Crippen molar-refractivity contribution in [2.24, 2.45) is 5.16 Å². The Bertz CT molecular complexity index is 1290. The lowest BCUT2D eigenvalue weighted by molar-refractivity contribution is -0.275. The predicted molar refractivity (Wildman–Crippen MR) is 140 cm³/mol. The van der Waals surface area contributed by atoms with Crippen LogP contribution in [0.15, 0.2) is 81.3 Å². The van der Waals surface area contributed by atoms with Gasteiger partial charge >= 0.3 is 6.18 Å². The molecule has 11 heteroatoms. The van der Waals surface area contributed by atoms with Crippen molar-refractivity contribution in [1.29, 1.82) is 0 Å². The maximum Gasteiger partial charge on any atom is 0.435 e. The Morgan fingerprint density at radius 3 is 2.42 bits per heavy atom. The van der Waals surface area contributed by atoms with Crippen LogP contribution in [0, 0.1) is 0 Å². The largest absolute Gasteiger partial charge is 0.435 e. The quantitative estimate of drug-likeness (QED) is 0.276. The summed E-state index contributed by atoms with van der Waals surface area (Å²) in [6.07, 6.45) is -5.32. The van der Waals surface area contributed by atoms with Gasteiger partial charge in [-0.05, 0) is 51.8 Å². The molecule has 1 atom stereocenters. The molecule has 4 rings (SSSR count). The Labute approximate surface area is 228 Å². The summed E-state index contributed by atoms with van der Waals surface area (Å²) < 4.78 is 43.3. The van der Waals surface area contributed by atoms with E-state index in [0.717, 1.165) is 10.5 Å². The van der Waals surface area contributed by atoms with Crippen LogP contribution in [-0.4, -0.2) is 23.5 Å². The number of halogens is 6. The first-order valence-corrected chi connectivity index (χ1v) is 13.1. The number of nitrogens with zero attached hydrogens (tertiary/aromatic N) is 1. The molecule has 1 unspecified atom stereocenters. The zero-order chi connectivity index (χ0) is 25.9. The number of amides is 1. The lowest BCUT2D eigenvalue weighted by Crippen LogP contribution is -2.42. The minimum absolute atomic E-state index is 0.0649. The van der Waals surface area contributed by atoms with Crippen LogP contribution >= 0.6 is 50.9 Å². The highest BCUT2D eigenvalue weighted by molar-refractivity contribution is 9.10. The topological polar surface area (TPSA) is 50.7 Å². The minimum atomic E-state index is -4.77. The number of hydrogen-bond acceptors (Lipinski definition) is 4. The van der Waals surface area contributed by atoms with Gasteiger partial charge in [-0.25, -0.2) is 0 Å². The lowest BCUT2D eigenvalue weighted by Gasteiger charge is -2.29. The summed E-state index contributed by atoms with van der Waals surface area (Å²) in [7, 11) is 0.